The van der Waals surface area contributed by atoms with Gasteiger partial charge in [0, 0.05) is 12.2 Å². The number of pyridine rings is 1. The first-order chi connectivity index (χ1) is 10.0. The van der Waals surface area contributed by atoms with E-state index >= 15 is 0 Å². The number of hydrogen-bond donors (Lipinski definition) is 2. The highest BCUT2D eigenvalue weighted by atomic mass is 35.5. The fourth-order valence-electron chi connectivity index (χ4n) is 3.14. The van der Waals surface area contributed by atoms with E-state index in [9.17, 15) is 4.79 Å². The van der Waals surface area contributed by atoms with Crippen LogP contribution in [0.5, 0.6) is 0 Å². The molecule has 6 nitrogen and oxygen atoms in total. The Morgan fingerprint density at radius 2 is 2.09 bits per heavy atom. The Balaban J connectivity index is 0.00000176. The minimum absolute atomic E-state index is 0. The summed E-state index contributed by atoms with van der Waals surface area (Å²) in [7, 11) is 0. The molecule has 1 amide bonds. The summed E-state index contributed by atoms with van der Waals surface area (Å²) in [6, 6.07) is 1.78. The van der Waals surface area contributed by atoms with Gasteiger partial charge in [-0.25, -0.2) is 4.98 Å². The van der Waals surface area contributed by atoms with E-state index in [0.29, 0.717) is 28.9 Å². The predicted molar refractivity (Wildman–Crippen MR) is 86.2 cm³/mol. The highest BCUT2D eigenvalue weighted by Crippen LogP contribution is 2.30. The van der Waals surface area contributed by atoms with Gasteiger partial charge in [0.1, 0.15) is 0 Å². The third-order valence-corrected chi connectivity index (χ3v) is 4.32. The highest BCUT2D eigenvalue weighted by Gasteiger charge is 2.34. The Kier molecular flexibility index (Phi) is 4.72. The molecule has 0 bridgehead atoms. The molecule has 22 heavy (non-hydrogen) atoms. The SMILES string of the molecule is Cc1cc(C(=O)NC2(CN)CCCC2)c2c(C)noc2n1.Cl. The molecule has 0 radical (unpaired) electrons. The normalized spacial score (nSPS) is 16.5. The van der Waals surface area contributed by atoms with Crippen LogP contribution >= 0.6 is 12.4 Å². The third-order valence-electron chi connectivity index (χ3n) is 4.32. The summed E-state index contributed by atoms with van der Waals surface area (Å²) >= 11 is 0. The molecule has 0 unspecified atom stereocenters. The van der Waals surface area contributed by atoms with Crippen LogP contribution in [0.4, 0.5) is 0 Å². The third kappa shape index (κ3) is 2.80. The van der Waals surface area contributed by atoms with Crippen molar-refractivity contribution in [1.82, 2.24) is 15.5 Å². The zero-order valence-electron chi connectivity index (χ0n) is 12.8. The van der Waals surface area contributed by atoms with Gasteiger partial charge in [-0.3, -0.25) is 4.79 Å². The number of amides is 1. The maximum atomic E-state index is 12.7. The topological polar surface area (TPSA) is 94.0 Å². The van der Waals surface area contributed by atoms with Crippen LogP contribution in [-0.2, 0) is 0 Å². The van der Waals surface area contributed by atoms with Crippen LogP contribution in [0, 0.1) is 13.8 Å². The van der Waals surface area contributed by atoms with Crippen LogP contribution in [-0.4, -0.2) is 28.1 Å². The number of hydrogen-bond acceptors (Lipinski definition) is 5. The second kappa shape index (κ2) is 6.22. The maximum Gasteiger partial charge on any atom is 0.258 e. The lowest BCUT2D eigenvalue weighted by atomic mass is 9.96. The predicted octanol–water partition coefficient (Wildman–Crippen LogP) is 2.26. The molecular formula is C15H21ClN4O2. The van der Waals surface area contributed by atoms with Crippen molar-refractivity contribution in [2.75, 3.05) is 6.54 Å². The molecular weight excluding hydrogens is 304 g/mol. The van der Waals surface area contributed by atoms with Crippen molar-refractivity contribution < 1.29 is 9.32 Å². The minimum Gasteiger partial charge on any atom is -0.345 e. The number of carbonyl (C=O) groups excluding carboxylic acids is 1. The molecule has 120 valence electrons. The van der Waals surface area contributed by atoms with Gasteiger partial charge in [0.25, 0.3) is 11.6 Å². The molecule has 0 aliphatic heterocycles. The largest absolute Gasteiger partial charge is 0.345 e. The minimum atomic E-state index is -0.272. The van der Waals surface area contributed by atoms with Crippen molar-refractivity contribution in [2.45, 2.75) is 45.1 Å². The van der Waals surface area contributed by atoms with E-state index in [4.69, 9.17) is 10.3 Å². The number of nitrogens with zero attached hydrogens (tertiary/aromatic N) is 2. The van der Waals surface area contributed by atoms with Crippen LogP contribution in [0.3, 0.4) is 0 Å². The average molecular weight is 325 g/mol. The monoisotopic (exact) mass is 324 g/mol. The van der Waals surface area contributed by atoms with Crippen molar-refractivity contribution in [2.24, 2.45) is 5.73 Å². The number of rotatable bonds is 3. The van der Waals surface area contributed by atoms with Crippen molar-refractivity contribution >= 4 is 29.4 Å². The van der Waals surface area contributed by atoms with Crippen LogP contribution in [0.25, 0.3) is 11.1 Å². The second-order valence-electron chi connectivity index (χ2n) is 5.91. The standard InChI is InChI=1S/C15H20N4O2.ClH/c1-9-7-11(12-10(2)19-21-14(12)17-9)13(20)18-15(8-16)5-3-4-6-15;/h7H,3-6,8,16H2,1-2H3,(H,18,20);1H. The van der Waals surface area contributed by atoms with Gasteiger partial charge in [-0.15, -0.1) is 12.4 Å². The number of halogens is 1. The van der Waals surface area contributed by atoms with Gasteiger partial charge in [-0.1, -0.05) is 18.0 Å². The summed E-state index contributed by atoms with van der Waals surface area (Å²) < 4.78 is 5.18. The molecule has 1 aliphatic carbocycles. The number of fused-ring (bicyclic) bond motifs is 1. The Morgan fingerprint density at radius 1 is 1.41 bits per heavy atom. The molecule has 1 aliphatic rings. The van der Waals surface area contributed by atoms with Gasteiger partial charge in [-0.2, -0.15) is 0 Å². The summed E-state index contributed by atoms with van der Waals surface area (Å²) in [5.41, 5.74) is 8.00. The lowest BCUT2D eigenvalue weighted by molar-refractivity contribution is 0.0904. The van der Waals surface area contributed by atoms with Gasteiger partial charge < -0.3 is 15.6 Å². The molecule has 0 saturated heterocycles. The van der Waals surface area contributed by atoms with Crippen molar-refractivity contribution in [1.29, 1.82) is 0 Å². The van der Waals surface area contributed by atoms with Crippen LogP contribution < -0.4 is 11.1 Å². The van der Waals surface area contributed by atoms with Gasteiger partial charge >= 0.3 is 0 Å². The maximum absolute atomic E-state index is 12.7. The smallest absolute Gasteiger partial charge is 0.258 e. The second-order valence-corrected chi connectivity index (χ2v) is 5.91. The van der Waals surface area contributed by atoms with E-state index in [1.54, 1.807) is 6.07 Å². The first-order valence-electron chi connectivity index (χ1n) is 7.31. The summed E-state index contributed by atoms with van der Waals surface area (Å²) in [5.74, 6) is -0.121. The van der Waals surface area contributed by atoms with Gasteiger partial charge in [-0.05, 0) is 32.8 Å². The summed E-state index contributed by atoms with van der Waals surface area (Å²) in [6.45, 7) is 4.12. The molecule has 0 aromatic carbocycles. The molecule has 2 aromatic rings. The average Bonchev–Trinajstić information content (AvgIpc) is 3.06. The Hall–Kier alpha value is -1.66. The van der Waals surface area contributed by atoms with Gasteiger partial charge in [0.2, 0.25) is 0 Å². The lowest BCUT2D eigenvalue weighted by Crippen LogP contribution is -2.51. The lowest BCUT2D eigenvalue weighted by Gasteiger charge is -2.28. The molecule has 0 spiro atoms. The molecule has 7 heteroatoms. The summed E-state index contributed by atoms with van der Waals surface area (Å²) in [6.07, 6.45) is 4.08. The highest BCUT2D eigenvalue weighted by molar-refractivity contribution is 6.06. The van der Waals surface area contributed by atoms with E-state index in [-0.39, 0.29) is 23.9 Å². The van der Waals surface area contributed by atoms with Crippen LogP contribution in [0.2, 0.25) is 0 Å². The van der Waals surface area contributed by atoms with E-state index < -0.39 is 0 Å². The Morgan fingerprint density at radius 3 is 2.73 bits per heavy atom. The quantitative estimate of drug-likeness (QED) is 0.903. The molecule has 1 saturated carbocycles. The zero-order chi connectivity index (χ0) is 15.0. The van der Waals surface area contributed by atoms with Crippen molar-refractivity contribution in [3.05, 3.63) is 23.0 Å². The molecule has 0 atom stereocenters. The number of nitrogens with one attached hydrogen (secondary N) is 1. The van der Waals surface area contributed by atoms with Gasteiger partial charge in [0.15, 0.2) is 0 Å². The molecule has 3 N–H and O–H groups in total. The number of carbonyl (C=O) groups is 1. The van der Waals surface area contributed by atoms with Crippen LogP contribution in [0.15, 0.2) is 10.6 Å². The fourth-order valence-corrected chi connectivity index (χ4v) is 3.14. The molecule has 2 heterocycles. The number of nitrogens with two attached hydrogens (primary N) is 1. The number of aryl methyl sites for hydroxylation is 2. The molecule has 2 aromatic heterocycles. The Bertz CT molecular complexity index is 692. The molecule has 3 rings (SSSR count). The number of aromatic nitrogens is 2. The van der Waals surface area contributed by atoms with E-state index in [2.05, 4.69) is 15.5 Å². The fraction of sp³-hybridized carbons (Fsp3) is 0.533. The van der Waals surface area contributed by atoms with E-state index in [1.165, 1.54) is 0 Å². The van der Waals surface area contributed by atoms with Crippen molar-refractivity contribution in [3.8, 4) is 0 Å². The first kappa shape index (κ1) is 16.7. The summed E-state index contributed by atoms with van der Waals surface area (Å²) in [5, 5.41) is 7.72. The van der Waals surface area contributed by atoms with E-state index in [0.717, 1.165) is 31.4 Å². The van der Waals surface area contributed by atoms with Crippen LogP contribution in [0.1, 0.15) is 47.4 Å². The Labute approximate surface area is 135 Å². The summed E-state index contributed by atoms with van der Waals surface area (Å²) in [4.78, 5) is 17.0. The zero-order valence-corrected chi connectivity index (χ0v) is 13.6. The van der Waals surface area contributed by atoms with Gasteiger partial charge in [0.05, 0.1) is 22.2 Å². The van der Waals surface area contributed by atoms with Crippen molar-refractivity contribution in [3.63, 3.8) is 0 Å². The molecule has 1 fully saturated rings. The van der Waals surface area contributed by atoms with E-state index in [1.807, 2.05) is 13.8 Å². The first-order valence-corrected chi connectivity index (χ1v) is 7.31.